The number of carbonyl (C=O) groups is 1. The Balaban J connectivity index is 1.49. The second kappa shape index (κ2) is 10.5. The van der Waals surface area contributed by atoms with Gasteiger partial charge in [-0.15, -0.1) is 0 Å². The SMILES string of the molecule is CCCC1=Nc2cc(C(=O)NCCN3CCCCCC3)ccc2Sc2ccc(C)cc21. The predicted molar refractivity (Wildman–Crippen MR) is 130 cm³/mol. The molecule has 4 rings (SSSR count). The monoisotopic (exact) mass is 435 g/mol. The number of nitrogens with one attached hydrogen (secondary N) is 1. The van der Waals surface area contributed by atoms with E-state index in [1.54, 1.807) is 11.8 Å². The molecule has 5 heteroatoms. The minimum absolute atomic E-state index is 0.00697. The van der Waals surface area contributed by atoms with Gasteiger partial charge in [0.2, 0.25) is 0 Å². The molecule has 4 nitrogen and oxygen atoms in total. The molecule has 164 valence electrons. The quantitative estimate of drug-likeness (QED) is 0.606. The fourth-order valence-corrected chi connectivity index (χ4v) is 5.34. The molecule has 2 aliphatic rings. The summed E-state index contributed by atoms with van der Waals surface area (Å²) in [6.45, 7) is 8.24. The van der Waals surface area contributed by atoms with E-state index in [1.807, 2.05) is 18.2 Å². The van der Waals surface area contributed by atoms with E-state index in [1.165, 1.54) is 41.7 Å². The zero-order valence-corrected chi connectivity index (χ0v) is 19.6. The van der Waals surface area contributed by atoms with Crippen molar-refractivity contribution in [3.63, 3.8) is 0 Å². The van der Waals surface area contributed by atoms with E-state index in [-0.39, 0.29) is 5.91 Å². The largest absolute Gasteiger partial charge is 0.351 e. The van der Waals surface area contributed by atoms with Crippen molar-refractivity contribution in [3.05, 3.63) is 53.1 Å². The standard InChI is InChI=1S/C26H33N3OS/c1-3-8-22-21-17-19(2)9-11-24(21)31-25-12-10-20(18-23(25)28-22)26(30)27-13-16-29-14-6-4-5-7-15-29/h9-12,17-18H,3-8,13-16H2,1-2H3,(H,27,30). The molecule has 0 aliphatic carbocycles. The van der Waals surface area contributed by atoms with Crippen LogP contribution in [0.5, 0.6) is 0 Å². The molecule has 0 saturated carbocycles. The van der Waals surface area contributed by atoms with Gasteiger partial charge < -0.3 is 10.2 Å². The predicted octanol–water partition coefficient (Wildman–Crippen LogP) is 5.99. The number of amides is 1. The van der Waals surface area contributed by atoms with Gasteiger partial charge in [0.25, 0.3) is 5.91 Å². The Bertz CT molecular complexity index is 961. The summed E-state index contributed by atoms with van der Waals surface area (Å²) in [5, 5.41) is 3.11. The van der Waals surface area contributed by atoms with Crippen molar-refractivity contribution in [3.8, 4) is 0 Å². The normalized spacial score (nSPS) is 16.5. The lowest BCUT2D eigenvalue weighted by Crippen LogP contribution is -2.35. The Labute approximate surface area is 190 Å². The highest BCUT2D eigenvalue weighted by atomic mass is 32.2. The highest BCUT2D eigenvalue weighted by Gasteiger charge is 2.19. The van der Waals surface area contributed by atoms with E-state index in [0.717, 1.165) is 48.8 Å². The van der Waals surface area contributed by atoms with Crippen LogP contribution in [0.4, 0.5) is 5.69 Å². The van der Waals surface area contributed by atoms with Crippen LogP contribution in [0.3, 0.4) is 0 Å². The topological polar surface area (TPSA) is 44.7 Å². The van der Waals surface area contributed by atoms with Crippen molar-refractivity contribution in [2.24, 2.45) is 4.99 Å². The summed E-state index contributed by atoms with van der Waals surface area (Å²) in [6, 6.07) is 12.5. The third kappa shape index (κ3) is 5.58. The summed E-state index contributed by atoms with van der Waals surface area (Å²) in [5.41, 5.74) is 5.19. The minimum atomic E-state index is -0.00697. The average Bonchev–Trinajstić information content (AvgIpc) is 3.11. The number of benzene rings is 2. The van der Waals surface area contributed by atoms with E-state index >= 15 is 0 Å². The molecule has 1 saturated heterocycles. The number of likely N-dealkylation sites (tertiary alicyclic amines) is 1. The van der Waals surface area contributed by atoms with E-state index in [2.05, 4.69) is 42.3 Å². The molecule has 0 unspecified atom stereocenters. The summed E-state index contributed by atoms with van der Waals surface area (Å²) < 4.78 is 0. The molecule has 2 aliphatic heterocycles. The summed E-state index contributed by atoms with van der Waals surface area (Å²) >= 11 is 1.75. The molecule has 2 aromatic carbocycles. The molecule has 1 N–H and O–H groups in total. The lowest BCUT2D eigenvalue weighted by atomic mass is 10.0. The van der Waals surface area contributed by atoms with Gasteiger partial charge in [-0.25, -0.2) is 0 Å². The highest BCUT2D eigenvalue weighted by molar-refractivity contribution is 7.99. The van der Waals surface area contributed by atoms with Gasteiger partial charge in [0.1, 0.15) is 0 Å². The molecule has 0 spiro atoms. The van der Waals surface area contributed by atoms with Crippen molar-refractivity contribution < 1.29 is 4.79 Å². The fraction of sp³-hybridized carbons (Fsp3) is 0.462. The van der Waals surface area contributed by atoms with Gasteiger partial charge >= 0.3 is 0 Å². The maximum absolute atomic E-state index is 12.8. The second-order valence-corrected chi connectivity index (χ2v) is 9.69. The Morgan fingerprint density at radius 1 is 1.06 bits per heavy atom. The van der Waals surface area contributed by atoms with Gasteiger partial charge in [-0.05, 0) is 69.6 Å². The van der Waals surface area contributed by atoms with Crippen LogP contribution in [0.15, 0.2) is 51.2 Å². The van der Waals surface area contributed by atoms with E-state index in [9.17, 15) is 4.79 Å². The Hall–Kier alpha value is -2.11. The van der Waals surface area contributed by atoms with Gasteiger partial charge in [-0.2, -0.15) is 0 Å². The van der Waals surface area contributed by atoms with Gasteiger partial charge in [0.15, 0.2) is 0 Å². The van der Waals surface area contributed by atoms with Gasteiger partial charge in [-0.3, -0.25) is 9.79 Å². The molecule has 1 fully saturated rings. The molecule has 2 aromatic rings. The van der Waals surface area contributed by atoms with Gasteiger partial charge in [0.05, 0.1) is 5.69 Å². The maximum Gasteiger partial charge on any atom is 0.251 e. The Morgan fingerprint density at radius 3 is 2.61 bits per heavy atom. The first-order valence-corrected chi connectivity index (χ1v) is 12.5. The summed E-state index contributed by atoms with van der Waals surface area (Å²) in [7, 11) is 0. The molecule has 0 aromatic heterocycles. The lowest BCUT2D eigenvalue weighted by Gasteiger charge is -2.19. The van der Waals surface area contributed by atoms with E-state index in [4.69, 9.17) is 4.99 Å². The Morgan fingerprint density at radius 2 is 1.84 bits per heavy atom. The first kappa shape index (κ1) is 22.1. The average molecular weight is 436 g/mol. The number of aliphatic imine (C=N–C) groups is 1. The van der Waals surface area contributed by atoms with Gasteiger partial charge in [0, 0.05) is 39.7 Å². The van der Waals surface area contributed by atoms with E-state index < -0.39 is 0 Å². The molecule has 0 atom stereocenters. The van der Waals surface area contributed by atoms with Crippen LogP contribution in [0.25, 0.3) is 0 Å². The van der Waals surface area contributed by atoms with Gasteiger partial charge in [-0.1, -0.05) is 49.6 Å². The molecular weight excluding hydrogens is 402 g/mol. The first-order chi connectivity index (χ1) is 15.1. The van der Waals surface area contributed by atoms with Crippen molar-refractivity contribution in [1.29, 1.82) is 0 Å². The number of aryl methyl sites for hydroxylation is 1. The molecule has 2 heterocycles. The molecule has 1 amide bonds. The zero-order chi connectivity index (χ0) is 21.6. The highest BCUT2D eigenvalue weighted by Crippen LogP contribution is 2.41. The van der Waals surface area contributed by atoms with Crippen LogP contribution < -0.4 is 5.32 Å². The summed E-state index contributed by atoms with van der Waals surface area (Å²) in [5.74, 6) is -0.00697. The first-order valence-electron chi connectivity index (χ1n) is 11.6. The molecule has 0 radical (unpaired) electrons. The molecular formula is C26H33N3OS. The number of hydrogen-bond acceptors (Lipinski definition) is 4. The Kier molecular flexibility index (Phi) is 7.46. The summed E-state index contributed by atoms with van der Waals surface area (Å²) in [4.78, 5) is 22.7. The molecule has 31 heavy (non-hydrogen) atoms. The third-order valence-corrected chi connectivity index (χ3v) is 7.18. The van der Waals surface area contributed by atoms with Crippen LogP contribution in [-0.4, -0.2) is 42.7 Å². The van der Waals surface area contributed by atoms with Crippen LogP contribution in [0.2, 0.25) is 0 Å². The zero-order valence-electron chi connectivity index (χ0n) is 18.7. The van der Waals surface area contributed by atoms with Crippen molar-refractivity contribution in [2.45, 2.75) is 62.2 Å². The fourth-order valence-electron chi connectivity index (χ4n) is 4.33. The van der Waals surface area contributed by atoms with Crippen LogP contribution in [0.1, 0.15) is 66.9 Å². The number of rotatable bonds is 6. The van der Waals surface area contributed by atoms with Crippen LogP contribution in [0, 0.1) is 6.92 Å². The van der Waals surface area contributed by atoms with Crippen molar-refractivity contribution in [1.82, 2.24) is 10.2 Å². The van der Waals surface area contributed by atoms with E-state index in [0.29, 0.717) is 12.1 Å². The third-order valence-electron chi connectivity index (χ3n) is 6.04. The number of nitrogens with zero attached hydrogens (tertiary/aromatic N) is 2. The number of hydrogen-bond donors (Lipinski definition) is 1. The molecule has 0 bridgehead atoms. The smallest absolute Gasteiger partial charge is 0.251 e. The van der Waals surface area contributed by atoms with Crippen molar-refractivity contribution >= 4 is 29.1 Å². The maximum atomic E-state index is 12.8. The summed E-state index contributed by atoms with van der Waals surface area (Å²) in [6.07, 6.45) is 7.19. The number of carbonyl (C=O) groups excluding carboxylic acids is 1. The second-order valence-electron chi connectivity index (χ2n) is 8.60. The van der Waals surface area contributed by atoms with Crippen LogP contribution >= 0.6 is 11.8 Å². The number of fused-ring (bicyclic) bond motifs is 2. The van der Waals surface area contributed by atoms with Crippen molar-refractivity contribution in [2.75, 3.05) is 26.2 Å². The lowest BCUT2D eigenvalue weighted by molar-refractivity contribution is 0.0948. The van der Waals surface area contributed by atoms with Crippen LogP contribution in [-0.2, 0) is 0 Å². The minimum Gasteiger partial charge on any atom is -0.351 e.